The summed E-state index contributed by atoms with van der Waals surface area (Å²) in [6.45, 7) is 7.34. The number of allylic oxidation sites excluding steroid dienone is 6. The fourth-order valence-electron chi connectivity index (χ4n) is 7.09. The fourth-order valence-corrected chi connectivity index (χ4v) is 7.09. The van der Waals surface area contributed by atoms with Gasteiger partial charge >= 0.3 is 0 Å². The van der Waals surface area contributed by atoms with Gasteiger partial charge in [0, 0.05) is 11.4 Å². The molecule has 194 valence electrons. The molecule has 0 amide bonds. The Hall–Kier alpha value is -3.40. The van der Waals surface area contributed by atoms with Crippen LogP contribution in [-0.2, 0) is 0 Å². The molecule has 3 aliphatic rings. The van der Waals surface area contributed by atoms with Crippen LogP contribution in [0.15, 0.2) is 96.5 Å². The van der Waals surface area contributed by atoms with Gasteiger partial charge in [-0.1, -0.05) is 32.9 Å². The van der Waals surface area contributed by atoms with Crippen molar-refractivity contribution in [1.29, 1.82) is 0 Å². The van der Waals surface area contributed by atoms with E-state index in [2.05, 4.69) is 57.2 Å². The van der Waals surface area contributed by atoms with E-state index < -0.39 is 0 Å². The lowest BCUT2D eigenvalue weighted by molar-refractivity contribution is -0.0195. The number of rotatable bonds is 6. The highest BCUT2D eigenvalue weighted by atomic mass is 16.5. The van der Waals surface area contributed by atoms with Crippen LogP contribution in [0, 0.1) is 28.6 Å². The fraction of sp³-hybridized carbons (Fsp3) is 0.394. The zero-order valence-corrected chi connectivity index (χ0v) is 22.3. The van der Waals surface area contributed by atoms with E-state index in [9.17, 15) is 0 Å². The van der Waals surface area contributed by atoms with Gasteiger partial charge in [0.1, 0.15) is 23.0 Å². The monoisotopic (exact) mass is 496 g/mol. The minimum Gasteiger partial charge on any atom is -0.458 e. The third kappa shape index (κ3) is 5.79. The number of nitrogens with two attached hydrogens (primary N) is 2. The van der Waals surface area contributed by atoms with Gasteiger partial charge < -0.3 is 20.9 Å². The number of nitrogen functional groups attached to an aromatic ring is 2. The summed E-state index contributed by atoms with van der Waals surface area (Å²) in [5, 5.41) is 0. The van der Waals surface area contributed by atoms with Gasteiger partial charge in [-0.15, -0.1) is 0 Å². The molecule has 4 N–H and O–H groups in total. The quantitative estimate of drug-likeness (QED) is 0.397. The Morgan fingerprint density at radius 1 is 0.703 bits per heavy atom. The Morgan fingerprint density at radius 3 is 1.54 bits per heavy atom. The minimum absolute atomic E-state index is 0.195. The average molecular weight is 497 g/mol. The molecule has 1 saturated carbocycles. The van der Waals surface area contributed by atoms with Crippen LogP contribution in [0.4, 0.5) is 11.4 Å². The first-order chi connectivity index (χ1) is 17.7. The normalized spacial score (nSPS) is 28.8. The maximum absolute atomic E-state index is 6.14. The molecule has 4 nitrogen and oxygen atoms in total. The molecular weight excluding hydrogens is 456 g/mol. The third-order valence-electron chi connectivity index (χ3n) is 8.28. The van der Waals surface area contributed by atoms with Gasteiger partial charge in [0.2, 0.25) is 0 Å². The number of ether oxygens (including phenoxy) is 2. The minimum atomic E-state index is 0.195. The van der Waals surface area contributed by atoms with Crippen molar-refractivity contribution in [1.82, 2.24) is 0 Å². The van der Waals surface area contributed by atoms with Crippen molar-refractivity contribution < 1.29 is 9.47 Å². The van der Waals surface area contributed by atoms with Crippen molar-refractivity contribution in [2.45, 2.75) is 52.9 Å². The van der Waals surface area contributed by atoms with Gasteiger partial charge in [0.25, 0.3) is 0 Å². The molecule has 37 heavy (non-hydrogen) atoms. The lowest BCUT2D eigenvalue weighted by Crippen LogP contribution is -2.46. The van der Waals surface area contributed by atoms with Gasteiger partial charge in [0.15, 0.2) is 0 Å². The smallest absolute Gasteiger partial charge is 0.127 e. The predicted octanol–water partition coefficient (Wildman–Crippen LogP) is 8.06. The van der Waals surface area contributed by atoms with Gasteiger partial charge in [-0.25, -0.2) is 0 Å². The van der Waals surface area contributed by atoms with E-state index in [-0.39, 0.29) is 5.41 Å². The molecule has 1 fully saturated rings. The van der Waals surface area contributed by atoms with Gasteiger partial charge in [-0.2, -0.15) is 0 Å². The summed E-state index contributed by atoms with van der Waals surface area (Å²) in [6, 6.07) is 15.2. The van der Waals surface area contributed by atoms with E-state index >= 15 is 0 Å². The van der Waals surface area contributed by atoms with Crippen LogP contribution in [0.1, 0.15) is 52.9 Å². The van der Waals surface area contributed by atoms with Crippen molar-refractivity contribution in [3.63, 3.8) is 0 Å². The lowest BCUT2D eigenvalue weighted by Gasteiger charge is -2.55. The van der Waals surface area contributed by atoms with Crippen LogP contribution in [0.5, 0.6) is 11.5 Å². The molecule has 5 rings (SSSR count). The molecule has 0 bridgehead atoms. The summed E-state index contributed by atoms with van der Waals surface area (Å²) in [5.74, 6) is 5.10. The topological polar surface area (TPSA) is 70.5 Å². The summed E-state index contributed by atoms with van der Waals surface area (Å²) in [4.78, 5) is 0. The number of hydrogen-bond acceptors (Lipinski definition) is 4. The standard InChI is InChI=1S/C33H40N2O2/c1-23-20-32(2,3)22-33(21-23,24-4-12-28(13-5-24)36-30-16-8-26(34)9-17-30)25-6-14-29(15-7-25)37-31-18-10-27(35)11-19-31/h4,6,8-19,23-25H,5,7,20-22,34-35H2,1-3H3. The second kappa shape index (κ2) is 10.2. The second-order valence-corrected chi connectivity index (χ2v) is 12.0. The second-order valence-electron chi connectivity index (χ2n) is 12.0. The number of anilines is 2. The Bertz CT molecular complexity index is 1140. The first kappa shape index (κ1) is 25.3. The van der Waals surface area contributed by atoms with Gasteiger partial charge in [-0.05, 0) is 134 Å². The highest BCUT2D eigenvalue weighted by Gasteiger charge is 2.50. The van der Waals surface area contributed by atoms with Crippen LogP contribution >= 0.6 is 0 Å². The maximum atomic E-state index is 6.14. The zero-order valence-electron chi connectivity index (χ0n) is 22.3. The molecule has 0 saturated heterocycles. The lowest BCUT2D eigenvalue weighted by atomic mass is 9.50. The molecule has 0 aliphatic heterocycles. The molecule has 4 heteroatoms. The van der Waals surface area contributed by atoms with Crippen LogP contribution in [0.25, 0.3) is 0 Å². The Kier molecular flexibility index (Phi) is 6.94. The summed E-state index contributed by atoms with van der Waals surface area (Å²) in [6.07, 6.45) is 19.5. The van der Waals surface area contributed by atoms with Crippen molar-refractivity contribution in [3.8, 4) is 11.5 Å². The van der Waals surface area contributed by atoms with Crippen molar-refractivity contribution in [2.75, 3.05) is 11.5 Å². The van der Waals surface area contributed by atoms with Crippen LogP contribution in [0.2, 0.25) is 0 Å². The summed E-state index contributed by atoms with van der Waals surface area (Å²) < 4.78 is 12.3. The van der Waals surface area contributed by atoms with E-state index in [1.807, 2.05) is 48.5 Å². The molecule has 2 aromatic rings. The third-order valence-corrected chi connectivity index (χ3v) is 8.28. The molecule has 3 unspecified atom stereocenters. The van der Waals surface area contributed by atoms with E-state index in [0.717, 1.165) is 47.2 Å². The SMILES string of the molecule is CC1CC(C)(C)CC(C2C=CC(Oc3ccc(N)cc3)=CC2)(C2C=CC(Oc3ccc(N)cc3)=CC2)C1. The van der Waals surface area contributed by atoms with Crippen LogP contribution in [0.3, 0.4) is 0 Å². The summed E-state index contributed by atoms with van der Waals surface area (Å²) in [5.41, 5.74) is 13.6. The molecule has 0 radical (unpaired) electrons. The Labute approximate surface area is 221 Å². The molecule has 3 atom stereocenters. The maximum Gasteiger partial charge on any atom is 0.127 e. The van der Waals surface area contributed by atoms with Crippen molar-refractivity contribution >= 4 is 11.4 Å². The van der Waals surface area contributed by atoms with Crippen LogP contribution in [-0.4, -0.2) is 0 Å². The van der Waals surface area contributed by atoms with E-state index in [1.165, 1.54) is 19.3 Å². The van der Waals surface area contributed by atoms with E-state index in [0.29, 0.717) is 23.2 Å². The molecule has 2 aromatic carbocycles. The summed E-state index contributed by atoms with van der Waals surface area (Å²) >= 11 is 0. The molecule has 0 aromatic heterocycles. The number of benzene rings is 2. The number of hydrogen-bond donors (Lipinski definition) is 2. The highest BCUT2D eigenvalue weighted by molar-refractivity contribution is 5.43. The predicted molar refractivity (Wildman–Crippen MR) is 153 cm³/mol. The largest absolute Gasteiger partial charge is 0.458 e. The Morgan fingerprint density at radius 2 is 1.16 bits per heavy atom. The van der Waals surface area contributed by atoms with Gasteiger partial charge in [0.05, 0.1) is 0 Å². The van der Waals surface area contributed by atoms with Crippen molar-refractivity contribution in [3.05, 3.63) is 96.5 Å². The zero-order chi connectivity index (χ0) is 26.0. The average Bonchev–Trinajstić information content (AvgIpc) is 2.86. The molecule has 3 aliphatic carbocycles. The first-order valence-corrected chi connectivity index (χ1v) is 13.5. The first-order valence-electron chi connectivity index (χ1n) is 13.5. The van der Waals surface area contributed by atoms with Gasteiger partial charge in [-0.3, -0.25) is 0 Å². The molecular formula is C33H40N2O2. The highest BCUT2D eigenvalue weighted by Crippen LogP contribution is 2.59. The van der Waals surface area contributed by atoms with Crippen molar-refractivity contribution in [2.24, 2.45) is 28.6 Å². The molecule has 0 spiro atoms. The van der Waals surface area contributed by atoms with Crippen LogP contribution < -0.4 is 20.9 Å². The molecule has 0 heterocycles. The van der Waals surface area contributed by atoms with E-state index in [1.54, 1.807) is 0 Å². The summed E-state index contributed by atoms with van der Waals surface area (Å²) in [7, 11) is 0. The Balaban J connectivity index is 1.34. The van der Waals surface area contributed by atoms with E-state index in [4.69, 9.17) is 20.9 Å².